The van der Waals surface area contributed by atoms with E-state index in [1.54, 1.807) is 0 Å². The van der Waals surface area contributed by atoms with Crippen LogP contribution >= 0.6 is 0 Å². The average Bonchev–Trinajstić information content (AvgIpc) is 3.31. The van der Waals surface area contributed by atoms with Crippen LogP contribution in [0.2, 0.25) is 0 Å². The first kappa shape index (κ1) is 17.3. The van der Waals surface area contributed by atoms with Crippen molar-refractivity contribution < 1.29 is 0 Å². The first-order chi connectivity index (χ1) is 10.2. The van der Waals surface area contributed by atoms with Gasteiger partial charge in [0.1, 0.15) is 0 Å². The van der Waals surface area contributed by atoms with Gasteiger partial charge in [0.05, 0.1) is 0 Å². The molecule has 2 fully saturated rings. The monoisotopic (exact) mass is 294 g/mol. The van der Waals surface area contributed by atoms with Crippen LogP contribution in [0.3, 0.4) is 0 Å². The maximum Gasteiger partial charge on any atom is 0.0334 e. The molecule has 0 spiro atoms. The molecule has 1 saturated heterocycles. The highest BCUT2D eigenvalue weighted by atomic mass is 15.3. The third kappa shape index (κ3) is 4.96. The lowest BCUT2D eigenvalue weighted by Crippen LogP contribution is -2.64. The van der Waals surface area contributed by atoms with Gasteiger partial charge in [-0.3, -0.25) is 4.90 Å². The lowest BCUT2D eigenvalue weighted by molar-refractivity contribution is 0.0316. The molecule has 1 aliphatic heterocycles. The summed E-state index contributed by atoms with van der Waals surface area (Å²) in [7, 11) is 0. The predicted octanol–water partition coefficient (Wildman–Crippen LogP) is 4.59. The van der Waals surface area contributed by atoms with Crippen molar-refractivity contribution in [1.82, 2.24) is 10.2 Å². The molecular formula is C19H38N2. The highest BCUT2D eigenvalue weighted by Gasteiger charge is 2.47. The zero-order valence-corrected chi connectivity index (χ0v) is 14.8. The molecule has 2 aliphatic rings. The highest BCUT2D eigenvalue weighted by molar-refractivity contribution is 5.04. The second kappa shape index (κ2) is 8.53. The largest absolute Gasteiger partial charge is 0.311 e. The topological polar surface area (TPSA) is 15.3 Å². The Morgan fingerprint density at radius 1 is 1.00 bits per heavy atom. The Morgan fingerprint density at radius 2 is 1.71 bits per heavy atom. The van der Waals surface area contributed by atoms with Crippen molar-refractivity contribution in [3.8, 4) is 0 Å². The fourth-order valence-electron chi connectivity index (χ4n) is 4.08. The molecule has 2 unspecified atom stereocenters. The van der Waals surface area contributed by atoms with E-state index >= 15 is 0 Å². The quantitative estimate of drug-likeness (QED) is 0.593. The third-order valence-corrected chi connectivity index (χ3v) is 5.79. The Labute approximate surface area is 133 Å². The molecule has 1 saturated carbocycles. The average molecular weight is 295 g/mol. The highest BCUT2D eigenvalue weighted by Crippen LogP contribution is 2.44. The maximum atomic E-state index is 3.84. The van der Waals surface area contributed by atoms with Crippen molar-refractivity contribution in [3.63, 3.8) is 0 Å². The molecule has 0 bridgehead atoms. The van der Waals surface area contributed by atoms with Gasteiger partial charge in [-0.15, -0.1) is 0 Å². The van der Waals surface area contributed by atoms with Crippen molar-refractivity contribution >= 4 is 0 Å². The second-order valence-corrected chi connectivity index (χ2v) is 7.71. The van der Waals surface area contributed by atoms with Crippen LogP contribution in [0, 0.1) is 5.92 Å². The first-order valence-corrected chi connectivity index (χ1v) is 9.69. The number of hydrogen-bond acceptors (Lipinski definition) is 2. The molecule has 2 rings (SSSR count). The van der Waals surface area contributed by atoms with Gasteiger partial charge in [-0.25, -0.2) is 0 Å². The summed E-state index contributed by atoms with van der Waals surface area (Å²) in [5, 5.41) is 3.84. The summed E-state index contributed by atoms with van der Waals surface area (Å²) in [6, 6.07) is 0.738. The molecule has 1 N–H and O–H groups in total. The van der Waals surface area contributed by atoms with Crippen LogP contribution in [0.5, 0.6) is 0 Å². The van der Waals surface area contributed by atoms with Gasteiger partial charge in [0, 0.05) is 24.7 Å². The van der Waals surface area contributed by atoms with Crippen LogP contribution in [0.15, 0.2) is 0 Å². The Bertz CT molecular complexity index is 287. The van der Waals surface area contributed by atoms with E-state index in [4.69, 9.17) is 0 Å². The number of piperazine rings is 1. The van der Waals surface area contributed by atoms with Crippen molar-refractivity contribution in [2.24, 2.45) is 5.92 Å². The minimum absolute atomic E-state index is 0.452. The molecule has 2 heteroatoms. The summed E-state index contributed by atoms with van der Waals surface area (Å²) in [5.41, 5.74) is 0.452. The van der Waals surface area contributed by atoms with Crippen molar-refractivity contribution in [2.75, 3.05) is 19.6 Å². The van der Waals surface area contributed by atoms with E-state index in [1.807, 2.05) is 0 Å². The predicted molar refractivity (Wildman–Crippen MR) is 92.8 cm³/mol. The van der Waals surface area contributed by atoms with Gasteiger partial charge in [0.25, 0.3) is 0 Å². The number of nitrogens with zero attached hydrogens (tertiary/aromatic N) is 1. The molecule has 0 amide bonds. The molecule has 1 aliphatic carbocycles. The molecule has 0 radical (unpaired) electrons. The number of nitrogens with one attached hydrogen (secondary N) is 1. The molecule has 2 nitrogen and oxygen atoms in total. The summed E-state index contributed by atoms with van der Waals surface area (Å²) in [5.74, 6) is 0.965. The normalized spacial score (nSPS) is 30.7. The summed E-state index contributed by atoms with van der Waals surface area (Å²) < 4.78 is 0. The lowest BCUT2D eigenvalue weighted by atomic mass is 9.88. The Morgan fingerprint density at radius 3 is 2.38 bits per heavy atom. The van der Waals surface area contributed by atoms with E-state index < -0.39 is 0 Å². The Balaban J connectivity index is 1.76. The molecule has 0 aromatic heterocycles. The molecule has 0 aromatic rings. The van der Waals surface area contributed by atoms with Gasteiger partial charge in [-0.1, -0.05) is 52.4 Å². The molecule has 2 atom stereocenters. The third-order valence-electron chi connectivity index (χ3n) is 5.79. The number of hydrogen-bond donors (Lipinski definition) is 1. The van der Waals surface area contributed by atoms with Crippen molar-refractivity contribution in [2.45, 2.75) is 96.6 Å². The minimum atomic E-state index is 0.452. The van der Waals surface area contributed by atoms with Crippen molar-refractivity contribution in [1.29, 1.82) is 0 Å². The molecule has 21 heavy (non-hydrogen) atoms. The first-order valence-electron chi connectivity index (χ1n) is 9.69. The van der Waals surface area contributed by atoms with Gasteiger partial charge < -0.3 is 5.32 Å². The number of rotatable bonds is 10. The molecule has 0 aromatic carbocycles. The fraction of sp³-hybridized carbons (Fsp3) is 1.00. The molecule has 1 heterocycles. The van der Waals surface area contributed by atoms with Gasteiger partial charge in [-0.2, -0.15) is 0 Å². The zero-order chi connectivity index (χ0) is 15.1. The van der Waals surface area contributed by atoms with Gasteiger partial charge in [0.2, 0.25) is 0 Å². The van der Waals surface area contributed by atoms with Crippen LogP contribution in [-0.2, 0) is 0 Å². The van der Waals surface area contributed by atoms with E-state index in [-0.39, 0.29) is 0 Å². The van der Waals surface area contributed by atoms with Gasteiger partial charge in [-0.05, 0) is 45.1 Å². The molecule has 124 valence electrons. The van der Waals surface area contributed by atoms with E-state index in [9.17, 15) is 0 Å². The van der Waals surface area contributed by atoms with Crippen LogP contribution in [-0.4, -0.2) is 36.1 Å². The fourth-order valence-corrected chi connectivity index (χ4v) is 4.08. The van der Waals surface area contributed by atoms with Crippen LogP contribution in [0.4, 0.5) is 0 Å². The summed E-state index contributed by atoms with van der Waals surface area (Å²) >= 11 is 0. The van der Waals surface area contributed by atoms with Crippen LogP contribution in [0.1, 0.15) is 85.0 Å². The molecular weight excluding hydrogens is 256 g/mol. The van der Waals surface area contributed by atoms with Crippen molar-refractivity contribution in [3.05, 3.63) is 0 Å². The smallest absolute Gasteiger partial charge is 0.0334 e. The van der Waals surface area contributed by atoms with Gasteiger partial charge in [0.15, 0.2) is 0 Å². The van der Waals surface area contributed by atoms with E-state index in [0.717, 1.165) is 12.0 Å². The second-order valence-electron chi connectivity index (χ2n) is 7.71. The van der Waals surface area contributed by atoms with Crippen LogP contribution < -0.4 is 5.32 Å². The summed E-state index contributed by atoms with van der Waals surface area (Å²) in [6.45, 7) is 11.0. The van der Waals surface area contributed by atoms with E-state index in [2.05, 4.69) is 31.0 Å². The Kier molecular flexibility index (Phi) is 7.01. The zero-order valence-electron chi connectivity index (χ0n) is 14.8. The number of unbranched alkanes of at least 4 members (excludes halogenated alkanes) is 5. The maximum absolute atomic E-state index is 3.84. The lowest BCUT2D eigenvalue weighted by Gasteiger charge is -2.49. The standard InChI is InChI=1S/C19H38N2/c1-4-6-7-8-9-10-14-21-15-18(11-5-2)20-16-19(21,3)17-12-13-17/h17-18,20H,4-16H2,1-3H3. The van der Waals surface area contributed by atoms with E-state index in [1.165, 1.54) is 83.8 Å². The summed E-state index contributed by atoms with van der Waals surface area (Å²) in [6.07, 6.45) is 14.1. The van der Waals surface area contributed by atoms with Crippen LogP contribution in [0.25, 0.3) is 0 Å². The van der Waals surface area contributed by atoms with E-state index in [0.29, 0.717) is 5.54 Å². The Hall–Kier alpha value is -0.0800. The summed E-state index contributed by atoms with van der Waals surface area (Å²) in [4.78, 5) is 2.86. The SMILES string of the molecule is CCCCCCCCN1CC(CCC)NCC1(C)C1CC1. The minimum Gasteiger partial charge on any atom is -0.311 e. The van der Waals surface area contributed by atoms with Gasteiger partial charge >= 0.3 is 0 Å².